The standard InChI is InChI=1S/C13H24N2O4/c1-3-4-5-11(12(16)17)15-13(18)14-9(2)10-6-7-19-8-10/h9-11H,3-8H2,1-2H3,(H,16,17)(H2,14,15,18)/t9?,10?,11-/m0/s1. The van der Waals surface area contributed by atoms with Crippen LogP contribution in [0.25, 0.3) is 0 Å². The zero-order valence-corrected chi connectivity index (χ0v) is 11.6. The van der Waals surface area contributed by atoms with Gasteiger partial charge in [0, 0.05) is 18.6 Å². The van der Waals surface area contributed by atoms with Crippen LogP contribution in [0.15, 0.2) is 0 Å². The molecule has 0 aliphatic carbocycles. The van der Waals surface area contributed by atoms with E-state index in [0.717, 1.165) is 25.9 Å². The summed E-state index contributed by atoms with van der Waals surface area (Å²) in [5.41, 5.74) is 0. The van der Waals surface area contributed by atoms with Gasteiger partial charge in [0.05, 0.1) is 6.61 Å². The van der Waals surface area contributed by atoms with E-state index in [1.165, 1.54) is 0 Å². The van der Waals surface area contributed by atoms with Crippen molar-refractivity contribution in [2.75, 3.05) is 13.2 Å². The van der Waals surface area contributed by atoms with E-state index in [4.69, 9.17) is 9.84 Å². The average Bonchev–Trinajstić information content (AvgIpc) is 2.87. The van der Waals surface area contributed by atoms with Crippen molar-refractivity contribution in [3.8, 4) is 0 Å². The molecule has 2 unspecified atom stereocenters. The van der Waals surface area contributed by atoms with Gasteiger partial charge in [0.25, 0.3) is 0 Å². The van der Waals surface area contributed by atoms with Gasteiger partial charge in [-0.15, -0.1) is 0 Å². The largest absolute Gasteiger partial charge is 0.480 e. The number of ether oxygens (including phenoxy) is 1. The molecular formula is C13H24N2O4. The van der Waals surface area contributed by atoms with Gasteiger partial charge in [0.15, 0.2) is 0 Å². The number of carboxylic acid groups (broad SMARTS) is 1. The molecule has 0 spiro atoms. The van der Waals surface area contributed by atoms with Crippen LogP contribution in [0.1, 0.15) is 39.5 Å². The van der Waals surface area contributed by atoms with Gasteiger partial charge in [-0.1, -0.05) is 19.8 Å². The molecule has 3 N–H and O–H groups in total. The number of rotatable bonds is 7. The van der Waals surface area contributed by atoms with Crippen LogP contribution < -0.4 is 10.6 Å². The smallest absolute Gasteiger partial charge is 0.326 e. The van der Waals surface area contributed by atoms with E-state index < -0.39 is 18.0 Å². The van der Waals surface area contributed by atoms with Crippen molar-refractivity contribution in [2.45, 2.75) is 51.6 Å². The summed E-state index contributed by atoms with van der Waals surface area (Å²) in [5.74, 6) is -0.676. The van der Waals surface area contributed by atoms with Crippen LogP contribution in [-0.4, -0.2) is 42.4 Å². The van der Waals surface area contributed by atoms with E-state index in [1.807, 2.05) is 13.8 Å². The Labute approximate surface area is 113 Å². The second kappa shape index (κ2) is 7.99. The van der Waals surface area contributed by atoms with E-state index in [1.54, 1.807) is 0 Å². The molecule has 3 atom stereocenters. The van der Waals surface area contributed by atoms with Crippen LogP contribution in [0.2, 0.25) is 0 Å². The van der Waals surface area contributed by atoms with Crippen LogP contribution in [0.5, 0.6) is 0 Å². The normalized spacial score (nSPS) is 21.7. The van der Waals surface area contributed by atoms with Gasteiger partial charge >= 0.3 is 12.0 Å². The van der Waals surface area contributed by atoms with E-state index >= 15 is 0 Å². The van der Waals surface area contributed by atoms with Crippen molar-refractivity contribution in [1.29, 1.82) is 0 Å². The fourth-order valence-electron chi connectivity index (χ4n) is 2.14. The number of carbonyl (C=O) groups excluding carboxylic acids is 1. The number of aliphatic carboxylic acids is 1. The molecule has 0 aromatic heterocycles. The Morgan fingerprint density at radius 2 is 2.16 bits per heavy atom. The number of hydrogen-bond acceptors (Lipinski definition) is 3. The highest BCUT2D eigenvalue weighted by Gasteiger charge is 2.25. The van der Waals surface area contributed by atoms with Gasteiger partial charge in [-0.3, -0.25) is 0 Å². The third-order valence-electron chi connectivity index (χ3n) is 3.48. The van der Waals surface area contributed by atoms with Crippen LogP contribution in [-0.2, 0) is 9.53 Å². The Bertz CT molecular complexity index is 303. The summed E-state index contributed by atoms with van der Waals surface area (Å²) in [7, 11) is 0. The molecule has 0 bridgehead atoms. The lowest BCUT2D eigenvalue weighted by Gasteiger charge is -2.21. The summed E-state index contributed by atoms with van der Waals surface area (Å²) in [4.78, 5) is 22.8. The molecule has 0 aromatic carbocycles. The third kappa shape index (κ3) is 5.46. The van der Waals surface area contributed by atoms with E-state index in [-0.39, 0.29) is 6.04 Å². The van der Waals surface area contributed by atoms with Crippen molar-refractivity contribution in [1.82, 2.24) is 10.6 Å². The minimum Gasteiger partial charge on any atom is -0.480 e. The zero-order chi connectivity index (χ0) is 14.3. The molecule has 6 heteroatoms. The molecule has 1 saturated heterocycles. The van der Waals surface area contributed by atoms with Gasteiger partial charge in [0.1, 0.15) is 6.04 Å². The maximum atomic E-state index is 11.8. The number of nitrogens with one attached hydrogen (secondary N) is 2. The first kappa shape index (κ1) is 15.8. The lowest BCUT2D eigenvalue weighted by Crippen LogP contribution is -2.50. The molecule has 110 valence electrons. The highest BCUT2D eigenvalue weighted by Crippen LogP contribution is 2.16. The van der Waals surface area contributed by atoms with E-state index in [9.17, 15) is 9.59 Å². The van der Waals surface area contributed by atoms with E-state index in [0.29, 0.717) is 18.9 Å². The lowest BCUT2D eigenvalue weighted by atomic mass is 10.0. The SMILES string of the molecule is CCCC[C@H](NC(=O)NC(C)C1CCOC1)C(=O)O. The number of hydrogen-bond donors (Lipinski definition) is 3. The molecule has 1 heterocycles. The quantitative estimate of drug-likeness (QED) is 0.653. The fourth-order valence-corrected chi connectivity index (χ4v) is 2.14. The van der Waals surface area contributed by atoms with Crippen molar-refractivity contribution >= 4 is 12.0 Å². The number of amides is 2. The van der Waals surface area contributed by atoms with Gasteiger partial charge in [-0.2, -0.15) is 0 Å². The second-order valence-electron chi connectivity index (χ2n) is 5.06. The summed E-state index contributed by atoms with van der Waals surface area (Å²) in [5, 5.41) is 14.3. The molecule has 0 saturated carbocycles. The molecule has 1 fully saturated rings. The number of unbranched alkanes of at least 4 members (excludes halogenated alkanes) is 1. The Hall–Kier alpha value is -1.30. The molecule has 0 radical (unpaired) electrons. The van der Waals surface area contributed by atoms with Crippen LogP contribution in [0.3, 0.4) is 0 Å². The summed E-state index contributed by atoms with van der Waals surface area (Å²) in [6, 6.07) is -1.24. The topological polar surface area (TPSA) is 87.7 Å². The zero-order valence-electron chi connectivity index (χ0n) is 11.6. The molecule has 1 rings (SSSR count). The molecular weight excluding hydrogens is 248 g/mol. The molecule has 1 aliphatic rings. The molecule has 2 amide bonds. The summed E-state index contributed by atoms with van der Waals surface area (Å²) in [6.45, 7) is 5.29. The number of carbonyl (C=O) groups is 2. The van der Waals surface area contributed by atoms with E-state index in [2.05, 4.69) is 10.6 Å². The predicted octanol–water partition coefficient (Wildman–Crippen LogP) is 1.35. The molecule has 1 aliphatic heterocycles. The van der Waals surface area contributed by atoms with Gasteiger partial charge in [-0.25, -0.2) is 9.59 Å². The molecule has 6 nitrogen and oxygen atoms in total. The highest BCUT2D eigenvalue weighted by atomic mass is 16.5. The molecule has 19 heavy (non-hydrogen) atoms. The van der Waals surface area contributed by atoms with Crippen molar-refractivity contribution in [3.63, 3.8) is 0 Å². The Morgan fingerprint density at radius 1 is 1.42 bits per heavy atom. The summed E-state index contributed by atoms with van der Waals surface area (Å²) < 4.78 is 5.27. The Morgan fingerprint density at radius 3 is 2.68 bits per heavy atom. The molecule has 0 aromatic rings. The minimum absolute atomic E-state index is 0.0110. The van der Waals surface area contributed by atoms with Crippen LogP contribution >= 0.6 is 0 Å². The van der Waals surface area contributed by atoms with Crippen molar-refractivity contribution in [2.24, 2.45) is 5.92 Å². The van der Waals surface area contributed by atoms with Gasteiger partial charge in [0.2, 0.25) is 0 Å². The first-order valence-corrected chi connectivity index (χ1v) is 6.92. The van der Waals surface area contributed by atoms with Crippen molar-refractivity contribution in [3.05, 3.63) is 0 Å². The Kier molecular flexibility index (Phi) is 6.62. The highest BCUT2D eigenvalue weighted by molar-refractivity contribution is 5.82. The monoisotopic (exact) mass is 272 g/mol. The minimum atomic E-state index is -0.986. The van der Waals surface area contributed by atoms with Gasteiger partial charge in [-0.05, 0) is 19.8 Å². The summed E-state index contributed by atoms with van der Waals surface area (Å²) >= 11 is 0. The average molecular weight is 272 g/mol. The Balaban J connectivity index is 2.36. The van der Waals surface area contributed by atoms with Crippen LogP contribution in [0, 0.1) is 5.92 Å². The first-order chi connectivity index (χ1) is 9.04. The summed E-state index contributed by atoms with van der Waals surface area (Å²) in [6.07, 6.45) is 3.08. The maximum absolute atomic E-state index is 11.8. The first-order valence-electron chi connectivity index (χ1n) is 6.92. The second-order valence-corrected chi connectivity index (χ2v) is 5.06. The number of carboxylic acids is 1. The third-order valence-corrected chi connectivity index (χ3v) is 3.48. The predicted molar refractivity (Wildman–Crippen MR) is 71.0 cm³/mol. The van der Waals surface area contributed by atoms with Crippen molar-refractivity contribution < 1.29 is 19.4 Å². The maximum Gasteiger partial charge on any atom is 0.326 e. The van der Waals surface area contributed by atoms with Gasteiger partial charge < -0.3 is 20.5 Å². The van der Waals surface area contributed by atoms with Crippen LogP contribution in [0.4, 0.5) is 4.79 Å². The number of urea groups is 1. The lowest BCUT2D eigenvalue weighted by molar-refractivity contribution is -0.139. The fraction of sp³-hybridized carbons (Fsp3) is 0.846.